The van der Waals surface area contributed by atoms with Crippen molar-refractivity contribution < 1.29 is 77.9 Å². The highest BCUT2D eigenvalue weighted by Crippen LogP contribution is 2.40. The molecular weight excluding hydrogens is 891 g/mol. The highest BCUT2D eigenvalue weighted by atomic mass is 16.7. The summed E-state index contributed by atoms with van der Waals surface area (Å²) in [5, 5.41) is 57.5. The standard InChI is InChI=1S/C47H63N5O16/c1-7-33(47(62,28-14-20-30(63-5)21-15-28)29-16-22-32(23-17-29)66-31-18-12-25(2)13-19-31)44(60)51-49-35(55)10-8-9-11-36(56)50-52-45(61)43-42(64-6)39(58)40(59)46(68-43)67-41-37(48-27(4)54)26(3)65-34(24-53)38(41)57/h12-23,26,33-34,37-43,46,53,57-59,62H,7-11,24H2,1-6H3,(H,48,54)(H,49,55)(H,50,56)(H,51,60)(H,52,61)/t26-,33?,34-,37?,38+,39?,40?,41?,42-,43+,46+,47?/m0/s1. The molecule has 2 fully saturated rings. The summed E-state index contributed by atoms with van der Waals surface area (Å²) in [7, 11) is 2.67. The third-order valence-electron chi connectivity index (χ3n) is 11.9. The summed E-state index contributed by atoms with van der Waals surface area (Å²) in [6.07, 6.45) is -13.0. The third-order valence-corrected chi connectivity index (χ3v) is 11.9. The summed E-state index contributed by atoms with van der Waals surface area (Å²) in [6.45, 7) is 5.88. The van der Waals surface area contributed by atoms with Gasteiger partial charge in [0.05, 0.1) is 31.8 Å². The van der Waals surface area contributed by atoms with Crippen LogP contribution in [0.15, 0.2) is 72.8 Å². The molecule has 6 unspecified atom stereocenters. The lowest BCUT2D eigenvalue weighted by Gasteiger charge is -2.47. The maximum atomic E-state index is 13.8. The van der Waals surface area contributed by atoms with Gasteiger partial charge in [0, 0.05) is 26.9 Å². The smallest absolute Gasteiger partial charge is 0.270 e. The van der Waals surface area contributed by atoms with Crippen LogP contribution in [0.5, 0.6) is 17.2 Å². The van der Waals surface area contributed by atoms with E-state index in [9.17, 15) is 49.5 Å². The number of aryl methyl sites for hydroxylation is 1. The molecule has 0 radical (unpaired) electrons. The van der Waals surface area contributed by atoms with Crippen LogP contribution in [-0.2, 0) is 48.5 Å². The first-order valence-electron chi connectivity index (χ1n) is 22.3. The molecule has 0 bridgehead atoms. The number of carbonyl (C=O) groups excluding carboxylic acids is 5. The first-order chi connectivity index (χ1) is 32.4. The molecule has 0 saturated carbocycles. The Morgan fingerprint density at radius 1 is 0.735 bits per heavy atom. The zero-order chi connectivity index (χ0) is 49.7. The lowest BCUT2D eigenvalue weighted by molar-refractivity contribution is -0.325. The van der Waals surface area contributed by atoms with Gasteiger partial charge in [-0.3, -0.25) is 45.7 Å². The van der Waals surface area contributed by atoms with Gasteiger partial charge in [-0.2, -0.15) is 0 Å². The van der Waals surface area contributed by atoms with E-state index in [1.807, 2.05) is 31.2 Å². The van der Waals surface area contributed by atoms with Gasteiger partial charge in [0.25, 0.3) is 5.91 Å². The maximum Gasteiger partial charge on any atom is 0.270 e. The number of carbonyl (C=O) groups is 5. The van der Waals surface area contributed by atoms with E-state index >= 15 is 0 Å². The minimum absolute atomic E-state index is 0.0998. The Kier molecular flexibility index (Phi) is 19.2. The molecule has 0 spiro atoms. The molecule has 68 heavy (non-hydrogen) atoms. The van der Waals surface area contributed by atoms with Crippen LogP contribution in [-0.4, -0.2) is 137 Å². The first-order valence-corrected chi connectivity index (χ1v) is 22.3. The second-order valence-corrected chi connectivity index (χ2v) is 16.7. The zero-order valence-corrected chi connectivity index (χ0v) is 38.7. The van der Waals surface area contributed by atoms with E-state index in [2.05, 4.69) is 27.0 Å². The van der Waals surface area contributed by atoms with Crippen molar-refractivity contribution >= 4 is 29.5 Å². The number of unbranched alkanes of at least 4 members (excludes halogenated alkanes) is 1. The number of amides is 5. The lowest BCUT2D eigenvalue weighted by atomic mass is 9.74. The van der Waals surface area contributed by atoms with Crippen LogP contribution in [0.2, 0.25) is 0 Å². The second kappa shape index (κ2) is 24.5. The molecule has 3 aromatic carbocycles. The van der Waals surface area contributed by atoms with Crippen molar-refractivity contribution in [1.82, 2.24) is 27.0 Å². The van der Waals surface area contributed by atoms with Crippen molar-refractivity contribution in [2.45, 2.75) is 127 Å². The van der Waals surface area contributed by atoms with Crippen molar-refractivity contribution in [3.63, 3.8) is 0 Å². The molecule has 12 atom stereocenters. The Hall–Kier alpha value is -5.75. The number of aliphatic hydroxyl groups is 5. The van der Waals surface area contributed by atoms with E-state index in [1.165, 1.54) is 14.0 Å². The SMILES string of the molecule is CCC(C(=O)NNC(=O)CCCCC(=O)NNC(=O)[C@@H]1O[C@@H](OC2C(NC(C)=O)[C@H](C)O[C@@H](CO)[C@H]2O)C(O)C(O)[C@@H]1OC)C(O)(c1ccc(OC)cc1)c1ccc(Oc2ccc(C)cc2)cc1. The Bertz CT molecular complexity index is 2150. The number of rotatable bonds is 19. The van der Waals surface area contributed by atoms with Gasteiger partial charge < -0.3 is 59.3 Å². The van der Waals surface area contributed by atoms with Gasteiger partial charge in [0.15, 0.2) is 12.4 Å². The van der Waals surface area contributed by atoms with Crippen molar-refractivity contribution in [3.8, 4) is 17.2 Å². The highest BCUT2D eigenvalue weighted by Gasteiger charge is 2.52. The van der Waals surface area contributed by atoms with E-state index in [-0.39, 0.29) is 32.1 Å². The average molecular weight is 954 g/mol. The van der Waals surface area contributed by atoms with Crippen molar-refractivity contribution in [1.29, 1.82) is 0 Å². The molecule has 0 aromatic heterocycles. The van der Waals surface area contributed by atoms with Gasteiger partial charge in [0.1, 0.15) is 59.5 Å². The number of nitrogens with one attached hydrogen (secondary N) is 5. The van der Waals surface area contributed by atoms with Gasteiger partial charge in [-0.1, -0.05) is 48.9 Å². The first kappa shape index (κ1) is 53.2. The van der Waals surface area contributed by atoms with Gasteiger partial charge >= 0.3 is 0 Å². The Morgan fingerprint density at radius 2 is 1.28 bits per heavy atom. The molecule has 372 valence electrons. The van der Waals surface area contributed by atoms with E-state index in [0.717, 1.165) is 12.7 Å². The number of aliphatic hydroxyl groups excluding tert-OH is 4. The van der Waals surface area contributed by atoms with Gasteiger partial charge in [-0.25, -0.2) is 0 Å². The largest absolute Gasteiger partial charge is 0.497 e. The lowest BCUT2D eigenvalue weighted by Crippen LogP contribution is -2.68. The predicted molar refractivity (Wildman–Crippen MR) is 240 cm³/mol. The molecule has 5 rings (SSSR count). The van der Waals surface area contributed by atoms with Crippen molar-refractivity contribution in [2.75, 3.05) is 20.8 Å². The van der Waals surface area contributed by atoms with Gasteiger partial charge in [-0.15, -0.1) is 0 Å². The van der Waals surface area contributed by atoms with Crippen molar-refractivity contribution in [2.24, 2.45) is 5.92 Å². The number of ether oxygens (including phenoxy) is 6. The minimum atomic E-state index is -1.86. The number of hydrazine groups is 2. The molecular formula is C47H63N5O16. The zero-order valence-electron chi connectivity index (χ0n) is 38.7. The fourth-order valence-corrected chi connectivity index (χ4v) is 8.18. The van der Waals surface area contributed by atoms with Crippen LogP contribution in [0.4, 0.5) is 0 Å². The van der Waals surface area contributed by atoms with Crippen molar-refractivity contribution in [3.05, 3.63) is 89.5 Å². The fraction of sp³-hybridized carbons (Fsp3) is 0.511. The summed E-state index contributed by atoms with van der Waals surface area (Å²) < 4.78 is 33.7. The normalized spacial score (nSPS) is 26.0. The highest BCUT2D eigenvalue weighted by molar-refractivity contribution is 5.86. The van der Waals surface area contributed by atoms with E-state index < -0.39 is 109 Å². The summed E-state index contributed by atoms with van der Waals surface area (Å²) in [5.41, 5.74) is 9.27. The molecule has 10 N–H and O–H groups in total. The fourth-order valence-electron chi connectivity index (χ4n) is 8.18. The van der Waals surface area contributed by atoms with E-state index in [1.54, 1.807) is 62.4 Å². The summed E-state index contributed by atoms with van der Waals surface area (Å²) in [6, 6.07) is 19.9. The van der Waals surface area contributed by atoms with Crippen LogP contribution in [0.3, 0.4) is 0 Å². The number of methoxy groups -OCH3 is 2. The molecule has 0 aliphatic carbocycles. The number of hydrogen-bond donors (Lipinski definition) is 10. The summed E-state index contributed by atoms with van der Waals surface area (Å²) >= 11 is 0. The average Bonchev–Trinajstić information content (AvgIpc) is 3.33. The minimum Gasteiger partial charge on any atom is -0.497 e. The van der Waals surface area contributed by atoms with Crippen LogP contribution in [0.1, 0.15) is 69.6 Å². The van der Waals surface area contributed by atoms with Crippen LogP contribution in [0.25, 0.3) is 0 Å². The van der Waals surface area contributed by atoms with Crippen LogP contribution < -0.4 is 36.5 Å². The Morgan fingerprint density at radius 3 is 1.79 bits per heavy atom. The van der Waals surface area contributed by atoms with Gasteiger partial charge in [0.2, 0.25) is 23.6 Å². The molecule has 21 heteroatoms. The second-order valence-electron chi connectivity index (χ2n) is 16.7. The predicted octanol–water partition coefficient (Wildman–Crippen LogP) is 0.405. The van der Waals surface area contributed by atoms with E-state index in [4.69, 9.17) is 28.4 Å². The van der Waals surface area contributed by atoms with Gasteiger partial charge in [-0.05, 0) is 80.6 Å². The molecule has 2 aliphatic rings. The molecule has 2 heterocycles. The summed E-state index contributed by atoms with van der Waals surface area (Å²) in [4.78, 5) is 64.6. The number of hydrogen-bond acceptors (Lipinski definition) is 16. The quantitative estimate of drug-likeness (QED) is 0.0575. The summed E-state index contributed by atoms with van der Waals surface area (Å²) in [5.74, 6) is -2.78. The number of benzene rings is 3. The molecule has 2 saturated heterocycles. The molecule has 2 aliphatic heterocycles. The van der Waals surface area contributed by atoms with Crippen LogP contribution >= 0.6 is 0 Å². The molecule has 21 nitrogen and oxygen atoms in total. The van der Waals surface area contributed by atoms with Crippen LogP contribution in [0, 0.1) is 12.8 Å². The molecule has 3 aromatic rings. The monoisotopic (exact) mass is 953 g/mol. The van der Waals surface area contributed by atoms with E-state index in [0.29, 0.717) is 28.4 Å². The molecule has 5 amide bonds. The topological polar surface area (TPSA) is 302 Å². The third kappa shape index (κ3) is 13.1. The Balaban J connectivity index is 1.12. The Labute approximate surface area is 393 Å². The maximum absolute atomic E-state index is 13.8.